The maximum absolute atomic E-state index is 12.6. The molecular weight excluding hydrogens is 438 g/mol. The van der Waals surface area contributed by atoms with Crippen molar-refractivity contribution in [1.29, 1.82) is 0 Å². The van der Waals surface area contributed by atoms with Crippen LogP contribution in [-0.4, -0.2) is 60.1 Å². The fraction of sp³-hybridized carbons (Fsp3) is 0.423. The van der Waals surface area contributed by atoms with Gasteiger partial charge < -0.3 is 10.2 Å². The quantitative estimate of drug-likeness (QED) is 0.625. The van der Waals surface area contributed by atoms with Crippen LogP contribution in [-0.2, 0) is 22.4 Å². The molecule has 2 aromatic rings. The Bertz CT molecular complexity index is 1030. The minimum absolute atomic E-state index is 0.00137. The van der Waals surface area contributed by atoms with Gasteiger partial charge in [-0.15, -0.1) is 0 Å². The largest absolute Gasteiger partial charge is 0.340 e. The van der Waals surface area contributed by atoms with Crippen molar-refractivity contribution in [3.05, 3.63) is 64.2 Å². The molecule has 0 saturated carbocycles. The van der Waals surface area contributed by atoms with Gasteiger partial charge in [-0.3, -0.25) is 19.3 Å². The molecule has 2 aromatic carbocycles. The fourth-order valence-electron chi connectivity index (χ4n) is 4.54. The Balaban J connectivity index is 1.20. The van der Waals surface area contributed by atoms with Crippen LogP contribution < -0.4 is 5.32 Å². The number of nitrogens with one attached hydrogen (secondary N) is 1. The van der Waals surface area contributed by atoms with Crippen molar-refractivity contribution in [3.63, 3.8) is 0 Å². The lowest BCUT2D eigenvalue weighted by atomic mass is 9.89. The van der Waals surface area contributed by atoms with Gasteiger partial charge in [-0.05, 0) is 55.0 Å². The van der Waals surface area contributed by atoms with Crippen LogP contribution in [0, 0.1) is 0 Å². The Labute approximate surface area is 199 Å². The van der Waals surface area contributed by atoms with Crippen LogP contribution in [0.1, 0.15) is 47.2 Å². The zero-order chi connectivity index (χ0) is 23.2. The number of carbonyl (C=O) groups excluding carboxylic acids is 3. The molecule has 1 fully saturated rings. The van der Waals surface area contributed by atoms with Crippen LogP contribution in [0.2, 0.25) is 5.02 Å². The third-order valence-electron chi connectivity index (χ3n) is 6.48. The molecule has 0 aromatic heterocycles. The number of rotatable bonds is 7. The van der Waals surface area contributed by atoms with E-state index in [-0.39, 0.29) is 37.0 Å². The Morgan fingerprint density at radius 1 is 0.879 bits per heavy atom. The first-order chi connectivity index (χ1) is 16.0. The lowest BCUT2D eigenvalue weighted by Gasteiger charge is -2.34. The van der Waals surface area contributed by atoms with Crippen molar-refractivity contribution in [2.45, 2.75) is 38.5 Å². The van der Waals surface area contributed by atoms with E-state index in [4.69, 9.17) is 11.6 Å². The second-order valence-corrected chi connectivity index (χ2v) is 9.21. The average Bonchev–Trinajstić information content (AvgIpc) is 2.84. The predicted molar refractivity (Wildman–Crippen MR) is 130 cm³/mol. The van der Waals surface area contributed by atoms with Crippen molar-refractivity contribution in [3.8, 4) is 0 Å². The maximum atomic E-state index is 12.6. The van der Waals surface area contributed by atoms with E-state index in [1.54, 1.807) is 17.0 Å². The van der Waals surface area contributed by atoms with E-state index in [1.165, 1.54) is 24.0 Å². The molecule has 33 heavy (non-hydrogen) atoms. The molecule has 1 heterocycles. The average molecular weight is 468 g/mol. The van der Waals surface area contributed by atoms with Crippen LogP contribution in [0.3, 0.4) is 0 Å². The highest BCUT2D eigenvalue weighted by atomic mass is 35.5. The molecular formula is C26H30ClN3O3. The number of aryl methyl sites for hydroxylation is 2. The Morgan fingerprint density at radius 2 is 1.61 bits per heavy atom. The highest BCUT2D eigenvalue weighted by molar-refractivity contribution is 6.33. The number of ketones is 1. The van der Waals surface area contributed by atoms with E-state index in [0.717, 1.165) is 18.4 Å². The van der Waals surface area contributed by atoms with Crippen LogP contribution in [0.5, 0.6) is 0 Å². The van der Waals surface area contributed by atoms with E-state index in [2.05, 4.69) is 11.4 Å². The molecule has 0 spiro atoms. The lowest BCUT2D eigenvalue weighted by Crippen LogP contribution is -2.50. The number of fused-ring (bicyclic) bond motifs is 1. The molecule has 1 aliphatic heterocycles. The van der Waals surface area contributed by atoms with Crippen LogP contribution in [0.25, 0.3) is 0 Å². The normalized spacial score (nSPS) is 16.2. The number of hydrogen-bond donors (Lipinski definition) is 1. The van der Waals surface area contributed by atoms with Crippen LogP contribution in [0.15, 0.2) is 42.5 Å². The Kier molecular flexibility index (Phi) is 7.78. The van der Waals surface area contributed by atoms with E-state index < -0.39 is 0 Å². The number of para-hydroxylation sites is 1. The zero-order valence-electron chi connectivity index (χ0n) is 18.8. The van der Waals surface area contributed by atoms with E-state index in [9.17, 15) is 14.4 Å². The van der Waals surface area contributed by atoms with Crippen molar-refractivity contribution in [1.82, 2.24) is 9.80 Å². The molecule has 0 atom stereocenters. The fourth-order valence-corrected chi connectivity index (χ4v) is 4.72. The molecule has 7 heteroatoms. The molecule has 2 aliphatic rings. The summed E-state index contributed by atoms with van der Waals surface area (Å²) in [6, 6.07) is 13.1. The van der Waals surface area contributed by atoms with Crippen molar-refractivity contribution < 1.29 is 14.4 Å². The molecule has 6 nitrogen and oxygen atoms in total. The highest BCUT2D eigenvalue weighted by Gasteiger charge is 2.23. The van der Waals surface area contributed by atoms with Gasteiger partial charge in [0.1, 0.15) is 0 Å². The molecule has 2 amide bonds. The van der Waals surface area contributed by atoms with Crippen molar-refractivity contribution in [2.24, 2.45) is 0 Å². The minimum atomic E-state index is -0.126. The summed E-state index contributed by atoms with van der Waals surface area (Å²) in [6.45, 7) is 2.63. The number of anilines is 1. The Morgan fingerprint density at radius 3 is 2.36 bits per heavy atom. The molecule has 174 valence electrons. The molecule has 4 rings (SSSR count). The summed E-state index contributed by atoms with van der Waals surface area (Å²) in [7, 11) is 0. The first kappa shape index (κ1) is 23.5. The number of carbonyl (C=O) groups is 3. The summed E-state index contributed by atoms with van der Waals surface area (Å²) in [5, 5.41) is 3.33. The SMILES string of the molecule is O=C(CN1CCN(C(=O)CCC(=O)c2ccc3c(c2)CCCC3)CC1)Nc1ccccc1Cl. The van der Waals surface area contributed by atoms with Gasteiger partial charge in [0, 0.05) is 44.6 Å². The van der Waals surface area contributed by atoms with Crippen LogP contribution >= 0.6 is 11.6 Å². The summed E-state index contributed by atoms with van der Waals surface area (Å²) >= 11 is 6.09. The topological polar surface area (TPSA) is 69.7 Å². The third-order valence-corrected chi connectivity index (χ3v) is 6.81. The Hall–Kier alpha value is -2.70. The molecule has 0 bridgehead atoms. The highest BCUT2D eigenvalue weighted by Crippen LogP contribution is 2.23. The van der Waals surface area contributed by atoms with Gasteiger partial charge >= 0.3 is 0 Å². The molecule has 1 aliphatic carbocycles. The van der Waals surface area contributed by atoms with E-state index in [0.29, 0.717) is 36.9 Å². The number of Topliss-reactive ketones (excluding diaryl/α,β-unsaturated/α-hetero) is 1. The summed E-state index contributed by atoms with van der Waals surface area (Å²) in [5.41, 5.74) is 3.96. The van der Waals surface area contributed by atoms with Gasteiger partial charge in [0.25, 0.3) is 0 Å². The standard InChI is InChI=1S/C26H30ClN3O3/c27-22-7-3-4-8-23(22)28-25(32)18-29-13-15-30(16-14-29)26(33)12-11-24(31)21-10-9-19-5-1-2-6-20(19)17-21/h3-4,7-10,17H,1-2,5-6,11-16,18H2,(H,28,32). The summed E-state index contributed by atoms with van der Waals surface area (Å²) in [6.07, 6.45) is 4.98. The van der Waals surface area contributed by atoms with Gasteiger partial charge in [0.2, 0.25) is 11.8 Å². The molecule has 1 N–H and O–H groups in total. The number of amides is 2. The molecule has 0 unspecified atom stereocenters. The van der Waals surface area contributed by atoms with Gasteiger partial charge in [0.15, 0.2) is 5.78 Å². The zero-order valence-corrected chi connectivity index (χ0v) is 19.6. The first-order valence-electron chi connectivity index (χ1n) is 11.7. The van der Waals surface area contributed by atoms with Gasteiger partial charge in [-0.1, -0.05) is 35.9 Å². The van der Waals surface area contributed by atoms with Gasteiger partial charge in [-0.2, -0.15) is 0 Å². The molecule has 1 saturated heterocycles. The summed E-state index contributed by atoms with van der Waals surface area (Å²) in [5.74, 6) is -0.0911. The van der Waals surface area contributed by atoms with E-state index in [1.807, 2.05) is 29.2 Å². The van der Waals surface area contributed by atoms with E-state index >= 15 is 0 Å². The minimum Gasteiger partial charge on any atom is -0.340 e. The number of nitrogens with zero attached hydrogens (tertiary/aromatic N) is 2. The first-order valence-corrected chi connectivity index (χ1v) is 12.1. The van der Waals surface area contributed by atoms with Gasteiger partial charge in [-0.25, -0.2) is 0 Å². The number of hydrogen-bond acceptors (Lipinski definition) is 4. The molecule has 0 radical (unpaired) electrons. The predicted octanol–water partition coefficient (Wildman–Crippen LogP) is 3.96. The third kappa shape index (κ3) is 6.21. The number of piperazine rings is 1. The smallest absolute Gasteiger partial charge is 0.238 e. The lowest BCUT2D eigenvalue weighted by molar-refractivity contribution is -0.133. The number of benzene rings is 2. The number of halogens is 1. The monoisotopic (exact) mass is 467 g/mol. The summed E-state index contributed by atoms with van der Waals surface area (Å²) < 4.78 is 0. The summed E-state index contributed by atoms with van der Waals surface area (Å²) in [4.78, 5) is 41.4. The van der Waals surface area contributed by atoms with Crippen molar-refractivity contribution >= 4 is 34.9 Å². The van der Waals surface area contributed by atoms with Crippen molar-refractivity contribution in [2.75, 3.05) is 38.0 Å². The maximum Gasteiger partial charge on any atom is 0.238 e. The second kappa shape index (κ2) is 10.9. The van der Waals surface area contributed by atoms with Gasteiger partial charge in [0.05, 0.1) is 17.3 Å². The van der Waals surface area contributed by atoms with Crippen LogP contribution in [0.4, 0.5) is 5.69 Å². The second-order valence-electron chi connectivity index (χ2n) is 8.80.